The van der Waals surface area contributed by atoms with Crippen LogP contribution in [0.25, 0.3) is 0 Å². The quantitative estimate of drug-likeness (QED) is 0.549. The van der Waals surface area contributed by atoms with Crippen LogP contribution >= 0.6 is 0 Å². The van der Waals surface area contributed by atoms with Gasteiger partial charge in [-0.25, -0.2) is 0 Å². The van der Waals surface area contributed by atoms with Gasteiger partial charge in [0, 0.05) is 5.92 Å². The molecule has 0 heterocycles. The average Bonchev–Trinajstić information content (AvgIpc) is 2.37. The summed E-state index contributed by atoms with van der Waals surface area (Å²) in [6.45, 7) is 12.6. The number of hydrogen-bond acceptors (Lipinski definition) is 2. The molecule has 2 nitrogen and oxygen atoms in total. The second kappa shape index (κ2) is 7.59. The summed E-state index contributed by atoms with van der Waals surface area (Å²) in [7, 11) is 0. The van der Waals surface area contributed by atoms with Crippen LogP contribution in [-0.4, -0.2) is 17.0 Å². The van der Waals surface area contributed by atoms with Gasteiger partial charge in [0.25, 0.3) is 0 Å². The first-order valence-corrected chi connectivity index (χ1v) is 8.58. The van der Waals surface area contributed by atoms with E-state index >= 15 is 0 Å². The molecule has 0 amide bonds. The topological polar surface area (TPSA) is 37.3 Å². The van der Waals surface area contributed by atoms with E-state index in [1.54, 1.807) is 0 Å². The van der Waals surface area contributed by atoms with E-state index in [1.165, 1.54) is 11.1 Å². The maximum atomic E-state index is 11.4. The molecule has 0 aromatic heterocycles. The summed E-state index contributed by atoms with van der Waals surface area (Å²) in [5.41, 5.74) is 1.79. The Kier molecular flexibility index (Phi) is 6.61. The summed E-state index contributed by atoms with van der Waals surface area (Å²) < 4.78 is 0. The predicted molar refractivity (Wildman–Crippen MR) is 93.7 cm³/mol. The van der Waals surface area contributed by atoms with Crippen molar-refractivity contribution in [3.63, 3.8) is 0 Å². The lowest BCUT2D eigenvalue weighted by atomic mass is 9.55. The summed E-state index contributed by atoms with van der Waals surface area (Å²) in [6, 6.07) is 0. The Morgan fingerprint density at radius 2 is 1.73 bits per heavy atom. The van der Waals surface area contributed by atoms with Crippen molar-refractivity contribution in [2.75, 3.05) is 0 Å². The van der Waals surface area contributed by atoms with Gasteiger partial charge >= 0.3 is 0 Å². The molecule has 0 aromatic rings. The number of aliphatic hydroxyl groups is 1. The van der Waals surface area contributed by atoms with Crippen LogP contribution < -0.4 is 0 Å². The van der Waals surface area contributed by atoms with Crippen molar-refractivity contribution in [2.24, 2.45) is 17.3 Å². The lowest BCUT2D eigenvalue weighted by Gasteiger charge is -2.52. The molecular formula is C20H34O2. The molecule has 0 saturated heterocycles. The Hall–Kier alpha value is -0.890. The van der Waals surface area contributed by atoms with Gasteiger partial charge in [0.05, 0.1) is 5.60 Å². The Morgan fingerprint density at radius 3 is 2.23 bits per heavy atom. The number of aldehydes is 1. The third-order valence-corrected chi connectivity index (χ3v) is 5.52. The standard InChI is InChI=1S/C20H34O2/c1-15(2)8-7-12-19(5)13-11-17(14-21)20(6,22)18(19)10-9-16(3)4/h8-9,14,17-18,22H,7,10-13H2,1-6H3/t17-,18-,19+,20-/m1/s1. The fraction of sp³-hybridized carbons (Fsp3) is 0.750. The largest absolute Gasteiger partial charge is 0.389 e. The Bertz CT molecular complexity index is 437. The lowest BCUT2D eigenvalue weighted by Crippen LogP contribution is -2.54. The molecule has 22 heavy (non-hydrogen) atoms. The van der Waals surface area contributed by atoms with Crippen molar-refractivity contribution in [3.05, 3.63) is 23.3 Å². The highest BCUT2D eigenvalue weighted by Gasteiger charge is 2.51. The van der Waals surface area contributed by atoms with Gasteiger partial charge in [0.1, 0.15) is 6.29 Å². The maximum absolute atomic E-state index is 11.4. The molecule has 1 aliphatic rings. The van der Waals surface area contributed by atoms with Crippen LogP contribution in [0.5, 0.6) is 0 Å². The zero-order valence-electron chi connectivity index (χ0n) is 15.3. The summed E-state index contributed by atoms with van der Waals surface area (Å²) in [6.07, 6.45) is 10.2. The number of carbonyl (C=O) groups excluding carboxylic acids is 1. The van der Waals surface area contributed by atoms with Gasteiger partial charge in [0.2, 0.25) is 0 Å². The number of hydrogen-bond donors (Lipinski definition) is 1. The summed E-state index contributed by atoms with van der Waals surface area (Å²) in [4.78, 5) is 11.4. The van der Waals surface area contributed by atoms with Gasteiger partial charge in [-0.15, -0.1) is 0 Å². The predicted octanol–water partition coefficient (Wildman–Crippen LogP) is 5.07. The van der Waals surface area contributed by atoms with Crippen LogP contribution in [0.4, 0.5) is 0 Å². The second-order valence-corrected chi connectivity index (χ2v) is 8.05. The fourth-order valence-corrected chi connectivity index (χ4v) is 3.99. The first kappa shape index (κ1) is 19.2. The van der Waals surface area contributed by atoms with E-state index in [-0.39, 0.29) is 17.3 Å². The van der Waals surface area contributed by atoms with Gasteiger partial charge in [-0.2, -0.15) is 0 Å². The highest BCUT2D eigenvalue weighted by molar-refractivity contribution is 5.56. The van der Waals surface area contributed by atoms with E-state index < -0.39 is 5.60 Å². The third kappa shape index (κ3) is 4.55. The van der Waals surface area contributed by atoms with Crippen LogP contribution in [0.2, 0.25) is 0 Å². The summed E-state index contributed by atoms with van der Waals surface area (Å²) in [5.74, 6) is -0.107. The minimum absolute atomic E-state index is 0.0842. The molecular weight excluding hydrogens is 272 g/mol. The molecule has 0 bridgehead atoms. The number of rotatable bonds is 6. The highest BCUT2D eigenvalue weighted by atomic mass is 16.3. The van der Waals surface area contributed by atoms with Gasteiger partial charge in [-0.3, -0.25) is 0 Å². The zero-order valence-corrected chi connectivity index (χ0v) is 15.3. The van der Waals surface area contributed by atoms with Crippen LogP contribution in [0, 0.1) is 17.3 Å². The molecule has 1 rings (SSSR count). The molecule has 0 unspecified atom stereocenters. The van der Waals surface area contributed by atoms with Crippen LogP contribution in [0.15, 0.2) is 23.3 Å². The van der Waals surface area contributed by atoms with Gasteiger partial charge in [-0.05, 0) is 78.1 Å². The van der Waals surface area contributed by atoms with Crippen molar-refractivity contribution in [3.8, 4) is 0 Å². The van der Waals surface area contributed by atoms with Gasteiger partial charge < -0.3 is 9.90 Å². The second-order valence-electron chi connectivity index (χ2n) is 8.05. The Labute approximate surface area is 136 Å². The average molecular weight is 306 g/mol. The minimum Gasteiger partial charge on any atom is -0.389 e. The molecule has 1 N–H and O–H groups in total. The van der Waals surface area contributed by atoms with E-state index in [2.05, 4.69) is 46.8 Å². The zero-order chi connectivity index (χ0) is 17.0. The van der Waals surface area contributed by atoms with Crippen LogP contribution in [-0.2, 0) is 4.79 Å². The third-order valence-electron chi connectivity index (χ3n) is 5.52. The van der Waals surface area contributed by atoms with Crippen LogP contribution in [0.1, 0.15) is 73.6 Å². The molecule has 0 radical (unpaired) electrons. The van der Waals surface area contributed by atoms with Crippen molar-refractivity contribution in [2.45, 2.75) is 79.2 Å². The molecule has 1 saturated carbocycles. The summed E-state index contributed by atoms with van der Waals surface area (Å²) in [5, 5.41) is 11.1. The number of allylic oxidation sites excluding steroid dienone is 4. The van der Waals surface area contributed by atoms with E-state index in [0.29, 0.717) is 0 Å². The van der Waals surface area contributed by atoms with Crippen molar-refractivity contribution >= 4 is 6.29 Å². The number of carbonyl (C=O) groups is 1. The summed E-state index contributed by atoms with van der Waals surface area (Å²) >= 11 is 0. The first-order valence-electron chi connectivity index (χ1n) is 8.58. The van der Waals surface area contributed by atoms with Crippen LogP contribution in [0.3, 0.4) is 0 Å². The molecule has 4 atom stereocenters. The SMILES string of the molecule is CC(C)=CCC[C@@]1(C)CC[C@H](C=O)[C@@](C)(O)[C@@H]1CC=C(C)C. The molecule has 0 spiro atoms. The Morgan fingerprint density at radius 1 is 1.14 bits per heavy atom. The lowest BCUT2D eigenvalue weighted by molar-refractivity contribution is -0.148. The van der Waals surface area contributed by atoms with Crippen molar-refractivity contribution in [1.29, 1.82) is 0 Å². The smallest absolute Gasteiger partial charge is 0.125 e. The minimum atomic E-state index is -0.911. The van der Waals surface area contributed by atoms with E-state index in [9.17, 15) is 9.90 Å². The molecule has 2 heteroatoms. The molecule has 1 aliphatic carbocycles. The maximum Gasteiger partial charge on any atom is 0.125 e. The first-order chi connectivity index (χ1) is 10.1. The van der Waals surface area contributed by atoms with E-state index in [4.69, 9.17) is 0 Å². The Balaban J connectivity index is 3.04. The highest BCUT2D eigenvalue weighted by Crippen LogP contribution is 2.52. The normalized spacial score (nSPS) is 34.9. The fourth-order valence-electron chi connectivity index (χ4n) is 3.99. The molecule has 1 fully saturated rings. The molecule has 0 aliphatic heterocycles. The van der Waals surface area contributed by atoms with Gasteiger partial charge in [0.15, 0.2) is 0 Å². The molecule has 0 aromatic carbocycles. The molecule has 126 valence electrons. The van der Waals surface area contributed by atoms with Crippen molar-refractivity contribution < 1.29 is 9.90 Å². The monoisotopic (exact) mass is 306 g/mol. The van der Waals surface area contributed by atoms with E-state index in [0.717, 1.165) is 38.4 Å². The van der Waals surface area contributed by atoms with E-state index in [1.807, 2.05) is 6.92 Å². The van der Waals surface area contributed by atoms with Gasteiger partial charge in [-0.1, -0.05) is 30.2 Å². The van der Waals surface area contributed by atoms with Crippen molar-refractivity contribution in [1.82, 2.24) is 0 Å².